The maximum Gasteiger partial charge on any atom is 0.146 e. The van der Waals surface area contributed by atoms with Gasteiger partial charge in [-0.1, -0.05) is 12.1 Å². The Balaban J connectivity index is 1.07. The number of benzene rings is 1. The van der Waals surface area contributed by atoms with Crippen molar-refractivity contribution >= 4 is 33.9 Å². The van der Waals surface area contributed by atoms with Crippen LogP contribution in [0.25, 0.3) is 21.6 Å². The normalized spacial score (nSPS) is 17.1. The lowest BCUT2D eigenvalue weighted by atomic mass is 10.1. The van der Waals surface area contributed by atoms with Crippen LogP contribution >= 0.6 is 11.3 Å². The third-order valence-electron chi connectivity index (χ3n) is 7.82. The molecule has 0 saturated heterocycles. The number of aromatic nitrogens is 6. The molecule has 2 atom stereocenters. The molecule has 6 rings (SSSR count). The molecule has 2 unspecified atom stereocenters. The first-order valence-corrected chi connectivity index (χ1v) is 14.7. The summed E-state index contributed by atoms with van der Waals surface area (Å²) in [6.07, 6.45) is 14.7. The lowest BCUT2D eigenvalue weighted by molar-refractivity contribution is 0.476. The van der Waals surface area contributed by atoms with Crippen LogP contribution in [0.4, 0.5) is 15.9 Å². The maximum absolute atomic E-state index is 13.1. The van der Waals surface area contributed by atoms with Gasteiger partial charge in [-0.3, -0.25) is 5.10 Å². The predicted molar refractivity (Wildman–Crippen MR) is 158 cm³/mol. The molecule has 1 aromatic carbocycles. The first-order chi connectivity index (χ1) is 19.7. The Morgan fingerprint density at radius 3 is 2.85 bits per heavy atom. The molecule has 9 nitrogen and oxygen atoms in total. The second kappa shape index (κ2) is 12.1. The van der Waals surface area contributed by atoms with Crippen molar-refractivity contribution in [3.05, 3.63) is 72.1 Å². The quantitative estimate of drug-likeness (QED) is 0.183. The molecule has 4 heterocycles. The number of nitrogens with zero attached hydrogens (tertiary/aromatic N) is 6. The van der Waals surface area contributed by atoms with Crippen LogP contribution in [-0.2, 0) is 6.42 Å². The van der Waals surface area contributed by atoms with Crippen molar-refractivity contribution < 1.29 is 4.39 Å². The van der Waals surface area contributed by atoms with Crippen LogP contribution in [0.3, 0.4) is 0 Å². The van der Waals surface area contributed by atoms with Crippen molar-refractivity contribution in [3.63, 3.8) is 0 Å². The average molecular weight is 560 g/mol. The highest BCUT2D eigenvalue weighted by Gasteiger charge is 2.30. The summed E-state index contributed by atoms with van der Waals surface area (Å²) < 4.78 is 15.4. The van der Waals surface area contributed by atoms with E-state index in [1.54, 1.807) is 17.7 Å². The number of hydrogen-bond donors (Lipinski definition) is 3. The van der Waals surface area contributed by atoms with Crippen LogP contribution in [0.5, 0.6) is 0 Å². The van der Waals surface area contributed by atoms with E-state index in [2.05, 4.69) is 46.1 Å². The number of nitrogens with one attached hydrogen (secondary N) is 2. The van der Waals surface area contributed by atoms with Crippen LogP contribution in [0.15, 0.2) is 60.8 Å². The van der Waals surface area contributed by atoms with Gasteiger partial charge in [0, 0.05) is 48.7 Å². The van der Waals surface area contributed by atoms with Crippen LogP contribution < -0.4 is 16.0 Å². The van der Waals surface area contributed by atoms with Crippen molar-refractivity contribution in [1.82, 2.24) is 35.0 Å². The smallest absolute Gasteiger partial charge is 0.146 e. The van der Waals surface area contributed by atoms with Crippen molar-refractivity contribution in [1.29, 1.82) is 0 Å². The highest BCUT2D eigenvalue weighted by Crippen LogP contribution is 2.41. The number of halogens is 1. The summed E-state index contributed by atoms with van der Waals surface area (Å²) in [5.74, 6) is 0.873. The average Bonchev–Trinajstić information content (AvgIpc) is 3.78. The number of H-pyrrole nitrogens is 1. The molecule has 0 aliphatic heterocycles. The number of nitrogen functional groups attached to an aromatic ring is 1. The van der Waals surface area contributed by atoms with E-state index in [-0.39, 0.29) is 5.82 Å². The Bertz CT molecular complexity index is 1500. The predicted octanol–water partition coefficient (Wildman–Crippen LogP) is 5.07. The van der Waals surface area contributed by atoms with E-state index in [4.69, 9.17) is 5.73 Å². The molecular weight excluding hydrogens is 525 g/mol. The highest BCUT2D eigenvalue weighted by molar-refractivity contribution is 7.13. The van der Waals surface area contributed by atoms with E-state index in [1.165, 1.54) is 12.1 Å². The number of thiazole rings is 1. The summed E-state index contributed by atoms with van der Waals surface area (Å²) in [5.41, 5.74) is 10.5. The summed E-state index contributed by atoms with van der Waals surface area (Å²) in [6.45, 7) is 3.75. The SMILES string of the molecule is Nc1ncnc2c1c(-c1nccs1)cn2C1CCC(CN(CCCNCCc2ccc(F)cc2)c2cn[nH]c2)C1. The molecule has 1 saturated carbocycles. The van der Waals surface area contributed by atoms with Gasteiger partial charge in [0.1, 0.15) is 28.6 Å². The zero-order valence-electron chi connectivity index (χ0n) is 22.3. The maximum atomic E-state index is 13.1. The molecule has 40 heavy (non-hydrogen) atoms. The van der Waals surface area contributed by atoms with Gasteiger partial charge >= 0.3 is 0 Å². The van der Waals surface area contributed by atoms with Crippen molar-refractivity contribution in [2.24, 2.45) is 5.92 Å². The monoisotopic (exact) mass is 559 g/mol. The van der Waals surface area contributed by atoms with Gasteiger partial charge in [0.15, 0.2) is 0 Å². The first kappa shape index (κ1) is 26.4. The van der Waals surface area contributed by atoms with E-state index in [0.717, 1.165) is 91.1 Å². The lowest BCUT2D eigenvalue weighted by Crippen LogP contribution is -2.31. The van der Waals surface area contributed by atoms with E-state index in [0.29, 0.717) is 17.8 Å². The molecule has 0 amide bonds. The van der Waals surface area contributed by atoms with Gasteiger partial charge in [-0.2, -0.15) is 5.10 Å². The lowest BCUT2D eigenvalue weighted by Gasteiger charge is -2.26. The van der Waals surface area contributed by atoms with Crippen molar-refractivity contribution in [2.45, 2.75) is 38.1 Å². The molecule has 0 radical (unpaired) electrons. The molecule has 4 N–H and O–H groups in total. The summed E-state index contributed by atoms with van der Waals surface area (Å²) in [6, 6.07) is 7.10. The minimum atomic E-state index is -0.189. The number of aromatic amines is 1. The molecule has 208 valence electrons. The Kier molecular flexibility index (Phi) is 8.01. The molecular formula is C29H34FN9S. The largest absolute Gasteiger partial charge is 0.383 e. The van der Waals surface area contributed by atoms with Gasteiger partial charge in [-0.05, 0) is 68.8 Å². The van der Waals surface area contributed by atoms with Gasteiger partial charge in [0.05, 0.1) is 17.3 Å². The van der Waals surface area contributed by atoms with Crippen LogP contribution in [-0.4, -0.2) is 55.9 Å². The molecule has 1 aliphatic rings. The number of rotatable bonds is 12. The minimum absolute atomic E-state index is 0.189. The Labute approximate surface area is 236 Å². The molecule has 4 aromatic heterocycles. The number of fused-ring (bicyclic) bond motifs is 1. The van der Waals surface area contributed by atoms with Crippen LogP contribution in [0.2, 0.25) is 0 Å². The third kappa shape index (κ3) is 5.85. The molecule has 1 aliphatic carbocycles. The van der Waals surface area contributed by atoms with Gasteiger partial charge < -0.3 is 20.5 Å². The van der Waals surface area contributed by atoms with Crippen molar-refractivity contribution in [3.8, 4) is 10.6 Å². The van der Waals surface area contributed by atoms with E-state index in [9.17, 15) is 4.39 Å². The van der Waals surface area contributed by atoms with Gasteiger partial charge in [0.2, 0.25) is 0 Å². The Morgan fingerprint density at radius 1 is 1.15 bits per heavy atom. The van der Waals surface area contributed by atoms with Gasteiger partial charge in [0.25, 0.3) is 0 Å². The fourth-order valence-electron chi connectivity index (χ4n) is 5.83. The fraction of sp³-hybridized carbons (Fsp3) is 0.379. The Hall–Kier alpha value is -3.83. The highest BCUT2D eigenvalue weighted by atomic mass is 32.1. The van der Waals surface area contributed by atoms with E-state index in [1.807, 2.05) is 36.1 Å². The molecule has 11 heteroatoms. The molecule has 5 aromatic rings. The number of anilines is 2. The van der Waals surface area contributed by atoms with Crippen LogP contribution in [0, 0.1) is 11.7 Å². The second-order valence-corrected chi connectivity index (χ2v) is 11.4. The summed E-state index contributed by atoms with van der Waals surface area (Å²) in [7, 11) is 0. The zero-order chi connectivity index (χ0) is 27.3. The minimum Gasteiger partial charge on any atom is -0.383 e. The fourth-order valence-corrected chi connectivity index (χ4v) is 6.48. The van der Waals surface area contributed by atoms with E-state index < -0.39 is 0 Å². The van der Waals surface area contributed by atoms with Gasteiger partial charge in [-0.15, -0.1) is 11.3 Å². The topological polar surface area (TPSA) is 114 Å². The Morgan fingerprint density at radius 2 is 2.05 bits per heavy atom. The number of nitrogens with two attached hydrogens (primary N) is 1. The standard InChI is InChI=1S/C29H34FN9S/c30-22-5-2-20(3-6-22)8-10-32-9-1-12-38(24-15-36-37-16-24)17-21-4-7-23(14-21)39-18-25(29-33-11-13-40-29)26-27(31)34-19-35-28(26)39/h2-3,5-6,11,13,15-16,18-19,21,23,32H,1,4,7-10,12,14,17H2,(H,36,37)(H2,31,34,35). The molecule has 0 spiro atoms. The molecule has 1 fully saturated rings. The summed E-state index contributed by atoms with van der Waals surface area (Å²) in [4.78, 5) is 15.9. The number of hydrogen-bond acceptors (Lipinski definition) is 8. The first-order valence-electron chi connectivity index (χ1n) is 13.9. The van der Waals surface area contributed by atoms with Gasteiger partial charge in [-0.25, -0.2) is 19.3 Å². The van der Waals surface area contributed by atoms with Crippen LogP contribution in [0.1, 0.15) is 37.3 Å². The second-order valence-electron chi connectivity index (χ2n) is 10.5. The van der Waals surface area contributed by atoms with E-state index >= 15 is 0 Å². The van der Waals surface area contributed by atoms with Crippen molar-refractivity contribution in [2.75, 3.05) is 36.8 Å². The molecule has 0 bridgehead atoms. The third-order valence-corrected chi connectivity index (χ3v) is 8.63. The summed E-state index contributed by atoms with van der Waals surface area (Å²) in [5, 5.41) is 14.5. The summed E-state index contributed by atoms with van der Waals surface area (Å²) >= 11 is 1.60. The zero-order valence-corrected chi connectivity index (χ0v) is 23.2.